The summed E-state index contributed by atoms with van der Waals surface area (Å²) in [5.74, 6) is 0.845. The first-order chi connectivity index (χ1) is 9.69. The second kappa shape index (κ2) is 6.91. The molecule has 1 atom stereocenters. The molecular formula is C16H19FN2O. The van der Waals surface area contributed by atoms with E-state index in [1.165, 1.54) is 12.1 Å². The maximum Gasteiger partial charge on any atom is 0.129 e. The van der Waals surface area contributed by atoms with Crippen LogP contribution in [0.25, 0.3) is 0 Å². The molecule has 0 amide bonds. The van der Waals surface area contributed by atoms with E-state index in [0.717, 1.165) is 25.1 Å². The monoisotopic (exact) mass is 274 g/mol. The summed E-state index contributed by atoms with van der Waals surface area (Å²) in [5.41, 5.74) is 6.81. The van der Waals surface area contributed by atoms with Crippen molar-refractivity contribution in [3.8, 4) is 5.75 Å². The summed E-state index contributed by atoms with van der Waals surface area (Å²) in [4.78, 5) is 0. The predicted octanol–water partition coefficient (Wildman–Crippen LogP) is 2.87. The molecule has 1 aliphatic heterocycles. The quantitative estimate of drug-likeness (QED) is 0.641. The van der Waals surface area contributed by atoms with E-state index in [1.807, 2.05) is 0 Å². The summed E-state index contributed by atoms with van der Waals surface area (Å²) in [6.07, 6.45) is 7.29. The lowest BCUT2D eigenvalue weighted by molar-refractivity contribution is 0.441. The van der Waals surface area contributed by atoms with E-state index in [4.69, 9.17) is 10.5 Å². The van der Waals surface area contributed by atoms with Gasteiger partial charge in [0.15, 0.2) is 0 Å². The first-order valence-corrected chi connectivity index (χ1v) is 6.65. The van der Waals surface area contributed by atoms with Crippen molar-refractivity contribution in [2.45, 2.75) is 18.9 Å². The Kier molecular flexibility index (Phi) is 4.96. The van der Waals surface area contributed by atoms with E-state index in [2.05, 4.69) is 11.9 Å². The van der Waals surface area contributed by atoms with Crippen LogP contribution in [0.4, 0.5) is 4.39 Å². The fraction of sp³-hybridized carbons (Fsp3) is 0.250. The average molecular weight is 274 g/mol. The maximum atomic E-state index is 12.9. The summed E-state index contributed by atoms with van der Waals surface area (Å²) in [6.45, 7) is 4.64. The number of allylic oxidation sites excluding steroid dienone is 3. The van der Waals surface area contributed by atoms with Crippen LogP contribution < -0.4 is 15.8 Å². The van der Waals surface area contributed by atoms with Crippen molar-refractivity contribution in [2.75, 3.05) is 6.54 Å². The number of ether oxygens (including phenoxy) is 1. The molecule has 1 saturated heterocycles. The highest BCUT2D eigenvalue weighted by atomic mass is 19.1. The van der Waals surface area contributed by atoms with Gasteiger partial charge in [-0.25, -0.2) is 4.39 Å². The first-order valence-electron chi connectivity index (χ1n) is 6.65. The lowest BCUT2D eigenvalue weighted by Crippen LogP contribution is -2.28. The second-order valence-electron chi connectivity index (χ2n) is 4.65. The Morgan fingerprint density at radius 3 is 2.75 bits per heavy atom. The van der Waals surface area contributed by atoms with Gasteiger partial charge in [-0.15, -0.1) is 0 Å². The minimum absolute atomic E-state index is 0.194. The highest BCUT2D eigenvalue weighted by Gasteiger charge is 2.16. The molecule has 4 heteroatoms. The number of hydrogen-bond acceptors (Lipinski definition) is 3. The van der Waals surface area contributed by atoms with Crippen LogP contribution in [0.5, 0.6) is 5.75 Å². The molecule has 2 rings (SSSR count). The second-order valence-corrected chi connectivity index (χ2v) is 4.65. The lowest BCUT2D eigenvalue weighted by atomic mass is 10.1. The third-order valence-electron chi connectivity index (χ3n) is 3.10. The van der Waals surface area contributed by atoms with Crippen molar-refractivity contribution in [1.82, 2.24) is 5.32 Å². The molecule has 0 bridgehead atoms. The van der Waals surface area contributed by atoms with Gasteiger partial charge in [0.2, 0.25) is 0 Å². The molecule has 0 aromatic heterocycles. The molecule has 106 valence electrons. The van der Waals surface area contributed by atoms with Gasteiger partial charge in [0.1, 0.15) is 17.3 Å². The largest absolute Gasteiger partial charge is 0.457 e. The van der Waals surface area contributed by atoms with E-state index in [-0.39, 0.29) is 11.9 Å². The highest BCUT2D eigenvalue weighted by molar-refractivity contribution is 5.30. The van der Waals surface area contributed by atoms with Crippen LogP contribution in [0, 0.1) is 5.82 Å². The molecular weight excluding hydrogens is 255 g/mol. The number of benzene rings is 1. The Labute approximate surface area is 118 Å². The van der Waals surface area contributed by atoms with E-state index < -0.39 is 0 Å². The number of rotatable bonds is 5. The lowest BCUT2D eigenvalue weighted by Gasteiger charge is -2.12. The summed E-state index contributed by atoms with van der Waals surface area (Å²) in [7, 11) is 0. The smallest absolute Gasteiger partial charge is 0.129 e. The normalized spacial score (nSPS) is 19.9. The molecule has 0 spiro atoms. The van der Waals surface area contributed by atoms with Crippen molar-refractivity contribution >= 4 is 0 Å². The third kappa shape index (κ3) is 3.96. The van der Waals surface area contributed by atoms with Crippen LogP contribution in [0.15, 0.2) is 60.5 Å². The molecule has 3 N–H and O–H groups in total. The van der Waals surface area contributed by atoms with Crippen LogP contribution in [0.2, 0.25) is 0 Å². The van der Waals surface area contributed by atoms with Gasteiger partial charge in [-0.2, -0.15) is 0 Å². The Bertz CT molecular complexity index is 514. The van der Waals surface area contributed by atoms with Gasteiger partial charge in [-0.05, 0) is 49.7 Å². The molecule has 0 aliphatic carbocycles. The fourth-order valence-electron chi connectivity index (χ4n) is 2.10. The first kappa shape index (κ1) is 14.3. The Hall–Kier alpha value is -2.07. The zero-order chi connectivity index (χ0) is 14.4. The van der Waals surface area contributed by atoms with E-state index in [9.17, 15) is 4.39 Å². The SMILES string of the molecule is C=C/C=C(\C=C(/N)[C@@H]1CCCN1)Oc1ccc(F)cc1. The Balaban J connectivity index is 2.10. The van der Waals surface area contributed by atoms with Crippen molar-refractivity contribution in [3.63, 3.8) is 0 Å². The van der Waals surface area contributed by atoms with Gasteiger partial charge >= 0.3 is 0 Å². The van der Waals surface area contributed by atoms with Crippen LogP contribution in [0.1, 0.15) is 12.8 Å². The zero-order valence-corrected chi connectivity index (χ0v) is 11.3. The van der Waals surface area contributed by atoms with Crippen molar-refractivity contribution in [1.29, 1.82) is 0 Å². The van der Waals surface area contributed by atoms with Crippen molar-refractivity contribution in [2.24, 2.45) is 5.73 Å². The molecule has 0 saturated carbocycles. The van der Waals surface area contributed by atoms with Crippen LogP contribution >= 0.6 is 0 Å². The van der Waals surface area contributed by atoms with Crippen molar-refractivity contribution < 1.29 is 9.13 Å². The maximum absolute atomic E-state index is 12.9. The molecule has 0 unspecified atom stereocenters. The molecule has 20 heavy (non-hydrogen) atoms. The molecule has 1 heterocycles. The van der Waals surface area contributed by atoms with Gasteiger partial charge in [0.25, 0.3) is 0 Å². The molecule has 1 aromatic carbocycles. The number of nitrogens with one attached hydrogen (secondary N) is 1. The molecule has 3 nitrogen and oxygen atoms in total. The minimum Gasteiger partial charge on any atom is -0.457 e. The van der Waals surface area contributed by atoms with Crippen LogP contribution in [-0.4, -0.2) is 12.6 Å². The van der Waals surface area contributed by atoms with E-state index in [1.54, 1.807) is 30.4 Å². The van der Waals surface area contributed by atoms with Gasteiger partial charge < -0.3 is 15.8 Å². The fourth-order valence-corrected chi connectivity index (χ4v) is 2.10. The predicted molar refractivity (Wildman–Crippen MR) is 78.6 cm³/mol. The number of hydrogen-bond donors (Lipinski definition) is 2. The Morgan fingerprint density at radius 1 is 1.40 bits per heavy atom. The van der Waals surface area contributed by atoms with Crippen LogP contribution in [-0.2, 0) is 0 Å². The van der Waals surface area contributed by atoms with Gasteiger partial charge in [0, 0.05) is 17.8 Å². The molecule has 1 aromatic rings. The Morgan fingerprint density at radius 2 is 2.15 bits per heavy atom. The summed E-state index contributed by atoms with van der Waals surface area (Å²) in [6, 6.07) is 6.05. The minimum atomic E-state index is -0.295. The highest BCUT2D eigenvalue weighted by Crippen LogP contribution is 2.17. The van der Waals surface area contributed by atoms with Crippen LogP contribution in [0.3, 0.4) is 0 Å². The molecule has 1 aliphatic rings. The van der Waals surface area contributed by atoms with Gasteiger partial charge in [-0.1, -0.05) is 12.7 Å². The standard InChI is InChI=1S/C16H19FN2O/c1-2-4-14(11-15(18)16-5-3-10-19-16)20-13-8-6-12(17)7-9-13/h2,4,6-9,11,16,19H,1,3,5,10,18H2/b14-4+,15-11-/t16-/m0/s1. The summed E-state index contributed by atoms with van der Waals surface area (Å²) < 4.78 is 18.5. The number of nitrogens with two attached hydrogens (primary N) is 1. The zero-order valence-electron chi connectivity index (χ0n) is 11.3. The van der Waals surface area contributed by atoms with E-state index >= 15 is 0 Å². The topological polar surface area (TPSA) is 47.3 Å². The average Bonchev–Trinajstić information content (AvgIpc) is 2.96. The summed E-state index contributed by atoms with van der Waals surface area (Å²) >= 11 is 0. The van der Waals surface area contributed by atoms with Crippen molar-refractivity contribution in [3.05, 3.63) is 66.3 Å². The third-order valence-corrected chi connectivity index (χ3v) is 3.10. The van der Waals surface area contributed by atoms with Gasteiger partial charge in [0.05, 0.1) is 0 Å². The molecule has 0 radical (unpaired) electrons. The molecule has 1 fully saturated rings. The van der Waals surface area contributed by atoms with Gasteiger partial charge in [-0.3, -0.25) is 0 Å². The van der Waals surface area contributed by atoms with E-state index in [0.29, 0.717) is 11.5 Å². The number of halogens is 1. The summed E-state index contributed by atoms with van der Waals surface area (Å²) in [5, 5.41) is 3.32.